The summed E-state index contributed by atoms with van der Waals surface area (Å²) in [5, 5.41) is 18.2. The average Bonchev–Trinajstić information content (AvgIpc) is 2.38. The number of rotatable bonds is 3. The van der Waals surface area contributed by atoms with Gasteiger partial charge in [-0.2, -0.15) is 5.26 Å². The fourth-order valence-electron chi connectivity index (χ4n) is 1.74. The van der Waals surface area contributed by atoms with Crippen molar-refractivity contribution in [2.75, 3.05) is 4.72 Å². The van der Waals surface area contributed by atoms with Crippen LogP contribution in [0.1, 0.15) is 11.1 Å². The smallest absolute Gasteiger partial charge is 0.262 e. The molecule has 0 atom stereocenters. The monoisotopic (exact) mass is 288 g/mol. The number of hydrogen-bond donors (Lipinski definition) is 2. The first-order chi connectivity index (χ1) is 9.42. The minimum Gasteiger partial charge on any atom is -0.508 e. The molecule has 0 aliphatic rings. The second kappa shape index (κ2) is 5.23. The van der Waals surface area contributed by atoms with Gasteiger partial charge in [0.15, 0.2) is 0 Å². The Morgan fingerprint density at radius 2 is 1.95 bits per heavy atom. The molecule has 0 radical (unpaired) electrons. The van der Waals surface area contributed by atoms with E-state index in [0.29, 0.717) is 5.56 Å². The standard InChI is InChI=1S/C14H12N2O3S/c1-10-5-6-11(9-15)7-14(10)20(18,19)16-12-3-2-4-13(17)8-12/h2-8,16-17H,1H3. The first kappa shape index (κ1) is 13.9. The maximum Gasteiger partial charge on any atom is 0.262 e. The molecule has 0 unspecified atom stereocenters. The third kappa shape index (κ3) is 2.90. The van der Waals surface area contributed by atoms with E-state index in [0.717, 1.165) is 0 Å². The minimum atomic E-state index is -3.81. The lowest BCUT2D eigenvalue weighted by atomic mass is 10.2. The minimum absolute atomic E-state index is 0.0345. The number of hydrogen-bond acceptors (Lipinski definition) is 4. The number of aromatic hydroxyl groups is 1. The number of aryl methyl sites for hydroxylation is 1. The fraction of sp³-hybridized carbons (Fsp3) is 0.0714. The lowest BCUT2D eigenvalue weighted by Gasteiger charge is -2.10. The molecule has 0 saturated heterocycles. The van der Waals surface area contributed by atoms with Crippen LogP contribution in [0.5, 0.6) is 5.75 Å². The first-order valence-corrected chi connectivity index (χ1v) is 7.23. The van der Waals surface area contributed by atoms with Gasteiger partial charge in [0.25, 0.3) is 10.0 Å². The summed E-state index contributed by atoms with van der Waals surface area (Å²) in [6.45, 7) is 1.65. The zero-order chi connectivity index (χ0) is 14.8. The molecule has 6 heteroatoms. The predicted octanol–water partition coefficient (Wildman–Crippen LogP) is 2.37. The largest absolute Gasteiger partial charge is 0.508 e. The van der Waals surface area contributed by atoms with Crippen molar-refractivity contribution in [3.05, 3.63) is 53.6 Å². The summed E-state index contributed by atoms with van der Waals surface area (Å²) in [6, 6.07) is 12.2. The Labute approximate surface area is 117 Å². The van der Waals surface area contributed by atoms with Crippen molar-refractivity contribution in [2.24, 2.45) is 0 Å². The van der Waals surface area contributed by atoms with Crippen LogP contribution in [0, 0.1) is 18.3 Å². The zero-order valence-corrected chi connectivity index (χ0v) is 11.5. The van der Waals surface area contributed by atoms with Crippen LogP contribution in [0.25, 0.3) is 0 Å². The van der Waals surface area contributed by atoms with Gasteiger partial charge in [0.2, 0.25) is 0 Å². The molecule has 2 aromatic rings. The molecule has 0 amide bonds. The van der Waals surface area contributed by atoms with E-state index >= 15 is 0 Å². The Hall–Kier alpha value is -2.52. The highest BCUT2D eigenvalue weighted by Gasteiger charge is 2.17. The van der Waals surface area contributed by atoms with Gasteiger partial charge in [0, 0.05) is 6.07 Å². The van der Waals surface area contributed by atoms with Crippen molar-refractivity contribution >= 4 is 15.7 Å². The molecule has 0 spiro atoms. The predicted molar refractivity (Wildman–Crippen MR) is 74.8 cm³/mol. The van der Waals surface area contributed by atoms with Crippen LogP contribution in [0.4, 0.5) is 5.69 Å². The number of nitriles is 1. The van der Waals surface area contributed by atoms with Gasteiger partial charge in [-0.1, -0.05) is 12.1 Å². The van der Waals surface area contributed by atoms with Crippen LogP contribution in [0.3, 0.4) is 0 Å². The van der Waals surface area contributed by atoms with Crippen LogP contribution < -0.4 is 4.72 Å². The summed E-state index contributed by atoms with van der Waals surface area (Å²) in [7, 11) is -3.81. The molecule has 0 aliphatic carbocycles. The van der Waals surface area contributed by atoms with E-state index < -0.39 is 10.0 Å². The molecule has 0 aliphatic heterocycles. The molecule has 2 aromatic carbocycles. The molecule has 102 valence electrons. The van der Waals surface area contributed by atoms with Crippen LogP contribution in [0.15, 0.2) is 47.4 Å². The van der Waals surface area contributed by atoms with E-state index in [1.807, 2.05) is 6.07 Å². The van der Waals surface area contributed by atoms with Crippen LogP contribution in [-0.2, 0) is 10.0 Å². The number of anilines is 1. The van der Waals surface area contributed by atoms with Crippen molar-refractivity contribution in [3.63, 3.8) is 0 Å². The summed E-state index contributed by atoms with van der Waals surface area (Å²) in [4.78, 5) is 0.0416. The summed E-state index contributed by atoms with van der Waals surface area (Å²) in [6.07, 6.45) is 0. The number of phenolic OH excluding ortho intramolecular Hbond substituents is 1. The third-order valence-electron chi connectivity index (χ3n) is 2.71. The molecule has 0 saturated carbocycles. The molecule has 0 heterocycles. The van der Waals surface area contributed by atoms with Crippen molar-refractivity contribution in [1.29, 1.82) is 5.26 Å². The fourth-order valence-corrected chi connectivity index (χ4v) is 3.06. The Bertz CT molecular complexity index is 792. The van der Waals surface area contributed by atoms with Gasteiger partial charge in [-0.3, -0.25) is 4.72 Å². The maximum atomic E-state index is 12.3. The number of sulfonamides is 1. The highest BCUT2D eigenvalue weighted by Crippen LogP contribution is 2.22. The highest BCUT2D eigenvalue weighted by atomic mass is 32.2. The number of phenols is 1. The molecular formula is C14H12N2O3S. The molecule has 20 heavy (non-hydrogen) atoms. The quantitative estimate of drug-likeness (QED) is 0.907. The number of nitrogens with one attached hydrogen (secondary N) is 1. The topological polar surface area (TPSA) is 90.2 Å². The van der Waals surface area contributed by atoms with Gasteiger partial charge in [0.05, 0.1) is 22.2 Å². The lowest BCUT2D eigenvalue weighted by molar-refractivity contribution is 0.475. The first-order valence-electron chi connectivity index (χ1n) is 5.75. The van der Waals surface area contributed by atoms with Gasteiger partial charge in [-0.05, 0) is 36.8 Å². The average molecular weight is 288 g/mol. The van der Waals surface area contributed by atoms with Crippen LogP contribution in [0.2, 0.25) is 0 Å². The second-order valence-corrected chi connectivity index (χ2v) is 5.90. The van der Waals surface area contributed by atoms with E-state index in [-0.39, 0.29) is 21.9 Å². The van der Waals surface area contributed by atoms with Gasteiger partial charge < -0.3 is 5.11 Å². The number of nitrogens with zero attached hydrogens (tertiary/aromatic N) is 1. The highest BCUT2D eigenvalue weighted by molar-refractivity contribution is 7.92. The number of benzene rings is 2. The molecule has 0 bridgehead atoms. The molecule has 5 nitrogen and oxygen atoms in total. The SMILES string of the molecule is Cc1ccc(C#N)cc1S(=O)(=O)Nc1cccc(O)c1. The van der Waals surface area contributed by atoms with Crippen molar-refractivity contribution in [3.8, 4) is 11.8 Å². The zero-order valence-electron chi connectivity index (χ0n) is 10.7. The van der Waals surface area contributed by atoms with Gasteiger partial charge in [-0.15, -0.1) is 0 Å². The van der Waals surface area contributed by atoms with Gasteiger partial charge in [0.1, 0.15) is 5.75 Å². The third-order valence-corrected chi connectivity index (χ3v) is 4.23. The van der Waals surface area contributed by atoms with Crippen molar-refractivity contribution < 1.29 is 13.5 Å². The van der Waals surface area contributed by atoms with Gasteiger partial charge >= 0.3 is 0 Å². The van der Waals surface area contributed by atoms with Crippen molar-refractivity contribution in [1.82, 2.24) is 0 Å². The molecule has 2 N–H and O–H groups in total. The normalized spacial score (nSPS) is 10.8. The van der Waals surface area contributed by atoms with Crippen LogP contribution >= 0.6 is 0 Å². The van der Waals surface area contributed by atoms with Crippen LogP contribution in [-0.4, -0.2) is 13.5 Å². The summed E-state index contributed by atoms with van der Waals surface area (Å²) in [5.41, 5.74) is 1.07. The van der Waals surface area contributed by atoms with Gasteiger partial charge in [-0.25, -0.2) is 8.42 Å². The van der Waals surface area contributed by atoms with Crippen molar-refractivity contribution in [2.45, 2.75) is 11.8 Å². The Morgan fingerprint density at radius 3 is 2.60 bits per heavy atom. The summed E-state index contributed by atoms with van der Waals surface area (Å²) >= 11 is 0. The van der Waals surface area contributed by atoms with E-state index in [2.05, 4.69) is 4.72 Å². The van der Waals surface area contributed by atoms with E-state index in [1.54, 1.807) is 19.1 Å². The maximum absolute atomic E-state index is 12.3. The molecular weight excluding hydrogens is 276 g/mol. The lowest BCUT2D eigenvalue weighted by Crippen LogP contribution is -2.14. The molecule has 0 aromatic heterocycles. The Morgan fingerprint density at radius 1 is 1.20 bits per heavy atom. The Balaban J connectivity index is 2.43. The van der Waals surface area contributed by atoms with E-state index in [1.165, 1.54) is 30.3 Å². The molecule has 2 rings (SSSR count). The second-order valence-electron chi connectivity index (χ2n) is 4.25. The molecule has 0 fully saturated rings. The summed E-state index contributed by atoms with van der Waals surface area (Å²) in [5.74, 6) is -0.0345. The van der Waals surface area contributed by atoms with E-state index in [4.69, 9.17) is 5.26 Å². The summed E-state index contributed by atoms with van der Waals surface area (Å²) < 4.78 is 27.0. The Kier molecular flexibility index (Phi) is 3.63. The van der Waals surface area contributed by atoms with E-state index in [9.17, 15) is 13.5 Å².